The number of hydrogen-bond acceptors (Lipinski definition) is 4. The first-order chi connectivity index (χ1) is 10.1. The molecule has 0 spiro atoms. The zero-order valence-electron chi connectivity index (χ0n) is 12.9. The number of benzene rings is 1. The monoisotopic (exact) mass is 357 g/mol. The fourth-order valence-corrected chi connectivity index (χ4v) is 2.85. The van der Waals surface area contributed by atoms with Gasteiger partial charge in [-0.25, -0.2) is 0 Å². The highest BCUT2D eigenvalue weighted by Gasteiger charge is 2.15. The van der Waals surface area contributed by atoms with Crippen molar-refractivity contribution in [3.8, 4) is 11.5 Å². The second-order valence-corrected chi connectivity index (χ2v) is 6.38. The van der Waals surface area contributed by atoms with Crippen LogP contribution in [0.1, 0.15) is 32.3 Å². The van der Waals surface area contributed by atoms with E-state index in [9.17, 15) is 0 Å². The maximum atomic E-state index is 5.76. The van der Waals surface area contributed by atoms with Crippen molar-refractivity contribution in [3.63, 3.8) is 0 Å². The van der Waals surface area contributed by atoms with Gasteiger partial charge in [0.15, 0.2) is 11.5 Å². The van der Waals surface area contributed by atoms with Gasteiger partial charge in [-0.2, -0.15) is 0 Å². The van der Waals surface area contributed by atoms with Crippen LogP contribution in [0.15, 0.2) is 16.6 Å². The number of nitrogens with one attached hydrogen (secondary N) is 1. The van der Waals surface area contributed by atoms with E-state index in [-0.39, 0.29) is 6.10 Å². The number of ether oxygens (including phenoxy) is 3. The SMILES string of the molecule is COc1cc(CNCC2CCCO2)c(Br)cc1OC(C)C. The summed E-state index contributed by atoms with van der Waals surface area (Å²) < 4.78 is 17.8. The lowest BCUT2D eigenvalue weighted by atomic mass is 10.2. The predicted molar refractivity (Wildman–Crippen MR) is 87.1 cm³/mol. The van der Waals surface area contributed by atoms with Crippen LogP contribution in [-0.2, 0) is 11.3 Å². The van der Waals surface area contributed by atoms with Crippen LogP contribution in [0.4, 0.5) is 0 Å². The third-order valence-corrected chi connectivity index (χ3v) is 4.14. The summed E-state index contributed by atoms with van der Waals surface area (Å²) in [5.74, 6) is 1.53. The molecular formula is C16H24BrNO3. The fraction of sp³-hybridized carbons (Fsp3) is 0.625. The molecule has 1 aliphatic rings. The van der Waals surface area contributed by atoms with Crippen LogP contribution >= 0.6 is 15.9 Å². The van der Waals surface area contributed by atoms with Gasteiger partial charge >= 0.3 is 0 Å². The largest absolute Gasteiger partial charge is 0.493 e. The topological polar surface area (TPSA) is 39.7 Å². The Kier molecular flexibility index (Phi) is 6.33. The van der Waals surface area contributed by atoms with E-state index in [1.165, 1.54) is 6.42 Å². The Labute approximate surface area is 135 Å². The zero-order valence-corrected chi connectivity index (χ0v) is 14.5. The molecule has 1 atom stereocenters. The van der Waals surface area contributed by atoms with E-state index in [1.807, 2.05) is 26.0 Å². The Morgan fingerprint density at radius 1 is 1.38 bits per heavy atom. The minimum Gasteiger partial charge on any atom is -0.493 e. The van der Waals surface area contributed by atoms with Crippen LogP contribution in [0.2, 0.25) is 0 Å². The van der Waals surface area contributed by atoms with Gasteiger partial charge in [-0.1, -0.05) is 15.9 Å². The molecule has 1 aliphatic heterocycles. The normalized spacial score (nSPS) is 18.2. The Balaban J connectivity index is 1.98. The van der Waals surface area contributed by atoms with Crippen LogP contribution in [-0.4, -0.2) is 32.5 Å². The van der Waals surface area contributed by atoms with E-state index < -0.39 is 0 Å². The van der Waals surface area contributed by atoms with E-state index in [0.717, 1.165) is 47.7 Å². The summed E-state index contributed by atoms with van der Waals surface area (Å²) in [6, 6.07) is 3.99. The zero-order chi connectivity index (χ0) is 15.2. The Morgan fingerprint density at radius 3 is 2.81 bits per heavy atom. The molecule has 0 bridgehead atoms. The minimum atomic E-state index is 0.120. The van der Waals surface area contributed by atoms with Gasteiger partial charge in [0.1, 0.15) is 0 Å². The molecule has 1 fully saturated rings. The molecular weight excluding hydrogens is 334 g/mol. The van der Waals surface area contributed by atoms with Gasteiger partial charge in [0, 0.05) is 24.2 Å². The summed E-state index contributed by atoms with van der Waals surface area (Å²) in [5.41, 5.74) is 1.15. The minimum absolute atomic E-state index is 0.120. The molecule has 1 N–H and O–H groups in total. The summed E-state index contributed by atoms with van der Waals surface area (Å²) in [6.45, 7) is 6.57. The highest BCUT2D eigenvalue weighted by molar-refractivity contribution is 9.10. The van der Waals surface area contributed by atoms with Crippen LogP contribution in [0, 0.1) is 0 Å². The molecule has 2 rings (SSSR count). The van der Waals surface area contributed by atoms with Crippen LogP contribution in [0.25, 0.3) is 0 Å². The number of halogens is 1. The third kappa shape index (κ3) is 4.87. The Morgan fingerprint density at radius 2 is 2.19 bits per heavy atom. The van der Waals surface area contributed by atoms with E-state index in [0.29, 0.717) is 6.10 Å². The molecule has 1 heterocycles. The van der Waals surface area contributed by atoms with Gasteiger partial charge in [-0.05, 0) is 44.4 Å². The molecule has 118 valence electrons. The quantitative estimate of drug-likeness (QED) is 0.810. The van der Waals surface area contributed by atoms with Crippen molar-refractivity contribution in [3.05, 3.63) is 22.2 Å². The van der Waals surface area contributed by atoms with Crippen molar-refractivity contribution in [2.45, 2.75) is 45.4 Å². The summed E-state index contributed by atoms with van der Waals surface area (Å²) in [5, 5.41) is 3.44. The maximum absolute atomic E-state index is 5.76. The standard InChI is InChI=1S/C16H24BrNO3/c1-11(2)21-16-8-14(17)12(7-15(16)19-3)9-18-10-13-5-4-6-20-13/h7-8,11,13,18H,4-6,9-10H2,1-3H3. The second kappa shape index (κ2) is 8.01. The van der Waals surface area contributed by atoms with Crippen molar-refractivity contribution in [1.29, 1.82) is 0 Å². The van der Waals surface area contributed by atoms with Crippen molar-refractivity contribution in [2.24, 2.45) is 0 Å². The van der Waals surface area contributed by atoms with E-state index in [4.69, 9.17) is 14.2 Å². The molecule has 0 saturated carbocycles. The van der Waals surface area contributed by atoms with E-state index >= 15 is 0 Å². The number of methoxy groups -OCH3 is 1. The molecule has 1 aromatic carbocycles. The van der Waals surface area contributed by atoms with Gasteiger partial charge < -0.3 is 19.5 Å². The first-order valence-corrected chi connectivity index (χ1v) is 8.25. The lowest BCUT2D eigenvalue weighted by Crippen LogP contribution is -2.25. The molecule has 0 aromatic heterocycles. The van der Waals surface area contributed by atoms with Crippen LogP contribution in [0.5, 0.6) is 11.5 Å². The average Bonchev–Trinajstić information content (AvgIpc) is 2.93. The highest BCUT2D eigenvalue weighted by Crippen LogP contribution is 2.34. The second-order valence-electron chi connectivity index (χ2n) is 5.53. The van der Waals surface area contributed by atoms with Gasteiger partial charge in [-0.3, -0.25) is 0 Å². The molecule has 0 radical (unpaired) electrons. The van der Waals surface area contributed by atoms with E-state index in [2.05, 4.69) is 21.2 Å². The van der Waals surface area contributed by atoms with Crippen molar-refractivity contribution in [2.75, 3.05) is 20.3 Å². The first-order valence-electron chi connectivity index (χ1n) is 7.45. The molecule has 1 saturated heterocycles. The third-order valence-electron chi connectivity index (χ3n) is 3.41. The molecule has 0 aliphatic carbocycles. The van der Waals surface area contributed by atoms with E-state index in [1.54, 1.807) is 7.11 Å². The van der Waals surface area contributed by atoms with Gasteiger partial charge in [0.05, 0.1) is 19.3 Å². The summed E-state index contributed by atoms with van der Waals surface area (Å²) >= 11 is 3.61. The summed E-state index contributed by atoms with van der Waals surface area (Å²) in [7, 11) is 1.67. The lowest BCUT2D eigenvalue weighted by molar-refractivity contribution is 0.110. The molecule has 5 heteroatoms. The Bertz CT molecular complexity index is 459. The predicted octanol–water partition coefficient (Wildman–Crippen LogP) is 3.51. The van der Waals surface area contributed by atoms with Crippen LogP contribution < -0.4 is 14.8 Å². The van der Waals surface area contributed by atoms with Gasteiger partial charge in [-0.15, -0.1) is 0 Å². The number of hydrogen-bond donors (Lipinski definition) is 1. The fourth-order valence-electron chi connectivity index (χ4n) is 2.39. The molecule has 1 aromatic rings. The van der Waals surface area contributed by atoms with Crippen LogP contribution in [0.3, 0.4) is 0 Å². The van der Waals surface area contributed by atoms with Crippen molar-refractivity contribution in [1.82, 2.24) is 5.32 Å². The average molecular weight is 358 g/mol. The molecule has 1 unspecified atom stereocenters. The molecule has 21 heavy (non-hydrogen) atoms. The van der Waals surface area contributed by atoms with Crippen molar-refractivity contribution < 1.29 is 14.2 Å². The molecule has 4 nitrogen and oxygen atoms in total. The summed E-state index contributed by atoms with van der Waals surface area (Å²) in [4.78, 5) is 0. The Hall–Kier alpha value is -0.780. The summed E-state index contributed by atoms with van der Waals surface area (Å²) in [6.07, 6.45) is 2.80. The van der Waals surface area contributed by atoms with Gasteiger partial charge in [0.2, 0.25) is 0 Å². The maximum Gasteiger partial charge on any atom is 0.162 e. The van der Waals surface area contributed by atoms with Gasteiger partial charge in [0.25, 0.3) is 0 Å². The highest BCUT2D eigenvalue weighted by atomic mass is 79.9. The molecule has 0 amide bonds. The lowest BCUT2D eigenvalue weighted by Gasteiger charge is -2.17. The first kappa shape index (κ1) is 16.6. The number of rotatable bonds is 7. The smallest absolute Gasteiger partial charge is 0.162 e. The van der Waals surface area contributed by atoms with Crippen molar-refractivity contribution >= 4 is 15.9 Å².